The van der Waals surface area contributed by atoms with Crippen molar-refractivity contribution in [2.75, 3.05) is 25.1 Å². The topological polar surface area (TPSA) is 95.7 Å². The molecule has 2 aromatic carbocycles. The predicted octanol–water partition coefficient (Wildman–Crippen LogP) is 5.47. The van der Waals surface area contributed by atoms with Crippen LogP contribution in [0, 0.1) is 17.5 Å². The molecule has 1 aromatic heterocycles. The lowest BCUT2D eigenvalue weighted by Gasteiger charge is -2.16. The Bertz CT molecular complexity index is 1160. The Morgan fingerprint density at radius 1 is 1.00 bits per heavy atom. The van der Waals surface area contributed by atoms with Gasteiger partial charge in [0, 0.05) is 5.56 Å². The van der Waals surface area contributed by atoms with Crippen molar-refractivity contribution in [3.63, 3.8) is 0 Å². The molecule has 1 N–H and O–H groups in total. The molecule has 0 bridgehead atoms. The number of carbonyl (C=O) groups is 1. The zero-order valence-electron chi connectivity index (χ0n) is 19.5. The highest BCUT2D eigenvalue weighted by molar-refractivity contribution is 8.00. The van der Waals surface area contributed by atoms with Gasteiger partial charge in [0.25, 0.3) is 5.22 Å². The van der Waals surface area contributed by atoms with Gasteiger partial charge < -0.3 is 23.9 Å². The van der Waals surface area contributed by atoms with Crippen LogP contribution in [0.4, 0.5) is 18.9 Å². The number of rotatable bonds is 11. The number of benzene rings is 2. The lowest BCUT2D eigenvalue weighted by atomic mass is 10.2. The zero-order chi connectivity index (χ0) is 25.5. The van der Waals surface area contributed by atoms with Crippen molar-refractivity contribution < 1.29 is 36.6 Å². The average molecular weight is 512 g/mol. The predicted molar refractivity (Wildman–Crippen MR) is 124 cm³/mol. The van der Waals surface area contributed by atoms with Crippen LogP contribution < -0.4 is 19.5 Å². The number of anilines is 1. The summed E-state index contributed by atoms with van der Waals surface area (Å²) in [5, 5.41) is 9.43. The fraction of sp³-hybridized carbons (Fsp3) is 0.348. The molecule has 0 aliphatic rings. The summed E-state index contributed by atoms with van der Waals surface area (Å²) >= 11 is 0.910. The number of ether oxygens (including phenoxy) is 3. The van der Waals surface area contributed by atoms with Crippen molar-refractivity contribution >= 4 is 23.4 Å². The van der Waals surface area contributed by atoms with Gasteiger partial charge in [0.1, 0.15) is 0 Å². The molecule has 188 valence electrons. The first-order valence-corrected chi connectivity index (χ1v) is 11.7. The molecule has 3 aromatic rings. The molecule has 0 spiro atoms. The first-order valence-electron chi connectivity index (χ1n) is 10.8. The van der Waals surface area contributed by atoms with Gasteiger partial charge in [-0.1, -0.05) is 11.8 Å². The summed E-state index contributed by atoms with van der Waals surface area (Å²) in [5.41, 5.74) is 0.0366. The number of thioether (sulfide) groups is 1. The van der Waals surface area contributed by atoms with Crippen LogP contribution in [0.3, 0.4) is 0 Å². The van der Waals surface area contributed by atoms with Gasteiger partial charge in [-0.2, -0.15) is 0 Å². The van der Waals surface area contributed by atoms with E-state index in [1.54, 1.807) is 12.1 Å². The first-order chi connectivity index (χ1) is 16.8. The van der Waals surface area contributed by atoms with E-state index in [-0.39, 0.29) is 11.1 Å². The van der Waals surface area contributed by atoms with Crippen LogP contribution in [0.25, 0.3) is 11.5 Å². The summed E-state index contributed by atoms with van der Waals surface area (Å²) in [7, 11) is 0. The second-order valence-electron chi connectivity index (χ2n) is 6.95. The Hall–Kier alpha value is -3.41. The maximum absolute atomic E-state index is 13.8. The summed E-state index contributed by atoms with van der Waals surface area (Å²) in [5.74, 6) is -3.67. The Kier molecular flexibility index (Phi) is 8.85. The second-order valence-corrected chi connectivity index (χ2v) is 8.24. The molecular weight excluding hydrogens is 487 g/mol. The number of nitrogens with zero attached hydrogens (tertiary/aromatic N) is 2. The number of hydrogen-bond donors (Lipinski definition) is 1. The van der Waals surface area contributed by atoms with Gasteiger partial charge in [0.05, 0.1) is 30.8 Å². The number of carbonyl (C=O) groups excluding carboxylic acids is 1. The smallest absolute Gasteiger partial charge is 0.277 e. The fourth-order valence-corrected chi connectivity index (χ4v) is 3.63. The quantitative estimate of drug-likeness (QED) is 0.268. The number of hydrogen-bond acceptors (Lipinski definition) is 8. The molecule has 1 heterocycles. The lowest BCUT2D eigenvalue weighted by molar-refractivity contribution is -0.115. The second kappa shape index (κ2) is 11.8. The van der Waals surface area contributed by atoms with Crippen LogP contribution in [-0.4, -0.2) is 41.2 Å². The average Bonchev–Trinajstić information content (AvgIpc) is 3.30. The van der Waals surface area contributed by atoms with Gasteiger partial charge in [0.15, 0.2) is 29.0 Å². The van der Waals surface area contributed by atoms with Gasteiger partial charge in [-0.15, -0.1) is 10.2 Å². The van der Waals surface area contributed by atoms with Gasteiger partial charge in [-0.25, -0.2) is 13.2 Å². The van der Waals surface area contributed by atoms with Crippen LogP contribution in [0.15, 0.2) is 33.9 Å². The molecule has 3 rings (SSSR count). The molecular formula is C23H24F3N3O5S. The van der Waals surface area contributed by atoms with E-state index in [0.717, 1.165) is 23.9 Å². The number of halogens is 3. The first kappa shape index (κ1) is 26.2. The number of nitrogens with one attached hydrogen (secondary N) is 1. The SMILES string of the molecule is CCOc1cc(-c2nnc(S[C@H](C)C(=O)Nc3ccc(F)c(F)c3F)o2)cc(OCC)c1OCC. The van der Waals surface area contributed by atoms with Crippen LogP contribution in [0.2, 0.25) is 0 Å². The van der Waals surface area contributed by atoms with E-state index in [2.05, 4.69) is 15.5 Å². The van der Waals surface area contributed by atoms with Gasteiger partial charge in [-0.05, 0) is 52.0 Å². The Balaban J connectivity index is 1.78. The lowest BCUT2D eigenvalue weighted by Crippen LogP contribution is -2.23. The maximum atomic E-state index is 13.8. The third kappa shape index (κ3) is 6.18. The van der Waals surface area contributed by atoms with Crippen LogP contribution >= 0.6 is 11.8 Å². The largest absolute Gasteiger partial charge is 0.490 e. The van der Waals surface area contributed by atoms with Crippen LogP contribution in [0.1, 0.15) is 27.7 Å². The van der Waals surface area contributed by atoms with Crippen molar-refractivity contribution in [3.05, 3.63) is 41.7 Å². The van der Waals surface area contributed by atoms with E-state index in [0.29, 0.717) is 42.6 Å². The van der Waals surface area contributed by atoms with E-state index >= 15 is 0 Å². The van der Waals surface area contributed by atoms with Crippen LogP contribution in [0.5, 0.6) is 17.2 Å². The molecule has 0 saturated carbocycles. The van der Waals surface area contributed by atoms with Crippen molar-refractivity contribution in [2.45, 2.75) is 38.2 Å². The summed E-state index contributed by atoms with van der Waals surface area (Å²) in [6, 6.07) is 5.02. The number of aromatic nitrogens is 2. The Morgan fingerprint density at radius 3 is 2.23 bits per heavy atom. The van der Waals surface area contributed by atoms with E-state index in [4.69, 9.17) is 18.6 Å². The molecule has 0 saturated heterocycles. The van der Waals surface area contributed by atoms with E-state index in [9.17, 15) is 18.0 Å². The van der Waals surface area contributed by atoms with E-state index < -0.39 is 34.3 Å². The number of amides is 1. The minimum absolute atomic E-state index is 0.0678. The Morgan fingerprint density at radius 2 is 1.63 bits per heavy atom. The zero-order valence-corrected chi connectivity index (χ0v) is 20.3. The highest BCUT2D eigenvalue weighted by Gasteiger charge is 2.23. The fourth-order valence-electron chi connectivity index (χ4n) is 2.95. The molecule has 0 aliphatic heterocycles. The maximum Gasteiger partial charge on any atom is 0.277 e. The van der Waals surface area contributed by atoms with E-state index in [1.807, 2.05) is 20.8 Å². The molecule has 35 heavy (non-hydrogen) atoms. The van der Waals surface area contributed by atoms with Gasteiger partial charge in [0.2, 0.25) is 17.5 Å². The van der Waals surface area contributed by atoms with Gasteiger partial charge in [-0.3, -0.25) is 4.79 Å². The molecule has 1 amide bonds. The minimum Gasteiger partial charge on any atom is -0.490 e. The Labute approximate surface area is 204 Å². The third-order valence-corrected chi connectivity index (χ3v) is 5.44. The molecule has 0 radical (unpaired) electrons. The summed E-state index contributed by atoms with van der Waals surface area (Å²) in [6.45, 7) is 8.23. The van der Waals surface area contributed by atoms with E-state index in [1.165, 1.54) is 6.92 Å². The highest BCUT2D eigenvalue weighted by atomic mass is 32.2. The van der Waals surface area contributed by atoms with Crippen molar-refractivity contribution in [1.82, 2.24) is 10.2 Å². The summed E-state index contributed by atoms with van der Waals surface area (Å²) in [4.78, 5) is 12.4. The van der Waals surface area contributed by atoms with Gasteiger partial charge >= 0.3 is 0 Å². The minimum atomic E-state index is -1.67. The van der Waals surface area contributed by atoms with Crippen molar-refractivity contribution in [2.24, 2.45) is 0 Å². The third-order valence-electron chi connectivity index (χ3n) is 4.50. The molecule has 0 fully saturated rings. The normalized spacial score (nSPS) is 11.7. The summed E-state index contributed by atoms with van der Waals surface area (Å²) in [6.07, 6.45) is 0. The molecule has 0 aliphatic carbocycles. The van der Waals surface area contributed by atoms with Crippen LogP contribution in [-0.2, 0) is 4.79 Å². The highest BCUT2D eigenvalue weighted by Crippen LogP contribution is 2.42. The summed E-state index contributed by atoms with van der Waals surface area (Å²) < 4.78 is 63.1. The molecule has 1 atom stereocenters. The standard InChI is InChI=1S/C23H24F3N3O5S/c1-5-31-16-10-13(11-17(32-6-2)20(16)33-7-3)22-28-29-23(34-22)35-12(4)21(30)27-15-9-8-14(24)18(25)19(15)26/h8-12H,5-7H2,1-4H3,(H,27,30)/t12-/m1/s1. The molecule has 8 nitrogen and oxygen atoms in total. The molecule has 0 unspecified atom stereocenters. The monoisotopic (exact) mass is 511 g/mol. The van der Waals surface area contributed by atoms with Crippen molar-refractivity contribution in [1.29, 1.82) is 0 Å². The molecule has 12 heteroatoms. The van der Waals surface area contributed by atoms with Crippen molar-refractivity contribution in [3.8, 4) is 28.7 Å².